The maximum atomic E-state index is 12.7. The summed E-state index contributed by atoms with van der Waals surface area (Å²) >= 11 is 1.24. The molecule has 0 radical (unpaired) electrons. The minimum atomic E-state index is -0.521. The van der Waals surface area contributed by atoms with Crippen LogP contribution in [0.15, 0.2) is 47.0 Å². The number of nitrogens with one attached hydrogen (secondary N) is 1. The molecule has 0 fully saturated rings. The Balaban J connectivity index is 1.54. The molecule has 11 heteroatoms. The van der Waals surface area contributed by atoms with E-state index in [0.717, 1.165) is 5.56 Å². The van der Waals surface area contributed by atoms with Crippen LogP contribution in [-0.4, -0.2) is 44.9 Å². The van der Waals surface area contributed by atoms with Crippen LogP contribution in [0.25, 0.3) is 22.2 Å². The number of thiophene rings is 1. The zero-order valence-corrected chi connectivity index (χ0v) is 19.7. The Morgan fingerprint density at radius 1 is 1.21 bits per heavy atom. The highest BCUT2D eigenvalue weighted by molar-refractivity contribution is 7.15. The van der Waals surface area contributed by atoms with Gasteiger partial charge in [-0.3, -0.25) is 18.8 Å². The number of carbonyl (C=O) groups is 2. The first kappa shape index (κ1) is 23.2. The molecule has 0 aliphatic carbocycles. The summed E-state index contributed by atoms with van der Waals surface area (Å²) in [5, 5.41) is 9.41. The number of nitrogens with zero attached hydrogens (tertiary/aromatic N) is 4. The lowest BCUT2D eigenvalue weighted by molar-refractivity contribution is -0.116. The fourth-order valence-electron chi connectivity index (χ4n) is 3.48. The number of aromatic nitrogens is 4. The Labute approximate surface area is 198 Å². The molecule has 0 spiro atoms. The van der Waals surface area contributed by atoms with Crippen LogP contribution in [0.1, 0.15) is 23.7 Å². The van der Waals surface area contributed by atoms with Crippen molar-refractivity contribution in [1.82, 2.24) is 19.3 Å². The van der Waals surface area contributed by atoms with Gasteiger partial charge in [-0.05, 0) is 24.6 Å². The summed E-state index contributed by atoms with van der Waals surface area (Å²) in [6.45, 7) is 2.06. The predicted octanol–water partition coefficient (Wildman–Crippen LogP) is 3.07. The molecule has 10 nitrogen and oxygen atoms in total. The van der Waals surface area contributed by atoms with E-state index in [2.05, 4.69) is 15.4 Å². The third-order valence-electron chi connectivity index (χ3n) is 5.22. The Morgan fingerprint density at radius 3 is 2.68 bits per heavy atom. The highest BCUT2D eigenvalue weighted by Gasteiger charge is 2.23. The summed E-state index contributed by atoms with van der Waals surface area (Å²) in [7, 11) is 3.28. The summed E-state index contributed by atoms with van der Waals surface area (Å²) in [5.74, 6) is -0.168. The van der Waals surface area contributed by atoms with Gasteiger partial charge in [0.05, 0.1) is 26.2 Å². The average Bonchev–Trinajstić information content (AvgIpc) is 3.43. The molecule has 1 aromatic carbocycles. The van der Waals surface area contributed by atoms with Crippen molar-refractivity contribution in [3.8, 4) is 16.9 Å². The number of ether oxygens (including phenoxy) is 2. The maximum Gasteiger partial charge on any atom is 0.341 e. The van der Waals surface area contributed by atoms with Crippen LogP contribution in [0.5, 0.6) is 5.75 Å². The first-order valence-corrected chi connectivity index (χ1v) is 11.4. The second kappa shape index (κ2) is 9.87. The van der Waals surface area contributed by atoms with Crippen molar-refractivity contribution in [3.63, 3.8) is 0 Å². The van der Waals surface area contributed by atoms with Gasteiger partial charge in [-0.2, -0.15) is 5.10 Å². The molecule has 1 N–H and O–H groups in total. The Bertz CT molecular complexity index is 1400. The number of rotatable bonds is 8. The second-order valence-electron chi connectivity index (χ2n) is 7.35. The third-order valence-corrected chi connectivity index (χ3v) is 6.12. The second-order valence-corrected chi connectivity index (χ2v) is 8.23. The van der Waals surface area contributed by atoms with Crippen molar-refractivity contribution in [3.05, 3.63) is 58.1 Å². The van der Waals surface area contributed by atoms with Gasteiger partial charge in [0, 0.05) is 31.0 Å². The summed E-state index contributed by atoms with van der Waals surface area (Å²) in [4.78, 5) is 42.3. The molecule has 0 saturated heterocycles. The van der Waals surface area contributed by atoms with Gasteiger partial charge < -0.3 is 14.8 Å². The summed E-state index contributed by atoms with van der Waals surface area (Å²) in [6.07, 6.45) is 2.88. The number of aryl methyl sites for hydroxylation is 2. The van der Waals surface area contributed by atoms with E-state index in [-0.39, 0.29) is 31.0 Å². The molecular weight excluding hydrogens is 458 g/mol. The van der Waals surface area contributed by atoms with Gasteiger partial charge in [0.25, 0.3) is 5.56 Å². The molecule has 3 heterocycles. The Hall–Kier alpha value is -3.99. The van der Waals surface area contributed by atoms with Crippen LogP contribution < -0.4 is 15.6 Å². The molecule has 0 aliphatic rings. The molecule has 3 aromatic heterocycles. The minimum Gasteiger partial charge on any atom is -0.497 e. The van der Waals surface area contributed by atoms with Crippen molar-refractivity contribution in [2.24, 2.45) is 7.05 Å². The van der Waals surface area contributed by atoms with Gasteiger partial charge in [0.1, 0.15) is 21.7 Å². The highest BCUT2D eigenvalue weighted by atomic mass is 32.1. The van der Waals surface area contributed by atoms with Crippen molar-refractivity contribution in [2.45, 2.75) is 19.9 Å². The average molecular weight is 482 g/mol. The Morgan fingerprint density at radius 2 is 1.97 bits per heavy atom. The molecule has 0 atom stereocenters. The largest absolute Gasteiger partial charge is 0.497 e. The lowest BCUT2D eigenvalue weighted by Gasteiger charge is -2.10. The molecule has 0 unspecified atom stereocenters. The quantitative estimate of drug-likeness (QED) is 0.384. The Kier molecular flexibility index (Phi) is 6.73. The van der Waals surface area contributed by atoms with Crippen LogP contribution >= 0.6 is 11.3 Å². The van der Waals surface area contributed by atoms with Gasteiger partial charge in [0.15, 0.2) is 5.65 Å². The van der Waals surface area contributed by atoms with E-state index in [4.69, 9.17) is 9.47 Å². The molecule has 0 aliphatic heterocycles. The number of fused-ring (bicyclic) bond motifs is 1. The van der Waals surface area contributed by atoms with Crippen molar-refractivity contribution in [1.29, 1.82) is 0 Å². The van der Waals surface area contributed by atoms with Gasteiger partial charge in [-0.15, -0.1) is 11.3 Å². The fourth-order valence-corrected chi connectivity index (χ4v) is 4.45. The smallest absolute Gasteiger partial charge is 0.341 e. The molecule has 1 amide bonds. The molecule has 4 aromatic rings. The first-order valence-electron chi connectivity index (χ1n) is 10.5. The number of benzene rings is 1. The number of amides is 1. The van der Waals surface area contributed by atoms with Crippen LogP contribution in [0.2, 0.25) is 0 Å². The number of hydrogen-bond donors (Lipinski definition) is 1. The summed E-state index contributed by atoms with van der Waals surface area (Å²) in [6, 6.07) is 7.27. The molecule has 0 saturated carbocycles. The van der Waals surface area contributed by atoms with Gasteiger partial charge in [-0.1, -0.05) is 12.1 Å². The van der Waals surface area contributed by atoms with Crippen molar-refractivity contribution in [2.75, 3.05) is 19.0 Å². The third kappa shape index (κ3) is 4.55. The predicted molar refractivity (Wildman–Crippen MR) is 128 cm³/mol. The summed E-state index contributed by atoms with van der Waals surface area (Å²) in [5.41, 5.74) is 1.96. The number of carbonyl (C=O) groups excluding carboxylic acids is 2. The van der Waals surface area contributed by atoms with Crippen LogP contribution in [-0.2, 0) is 23.1 Å². The zero-order chi connectivity index (χ0) is 24.2. The summed E-state index contributed by atoms with van der Waals surface area (Å²) < 4.78 is 13.3. The number of esters is 1. The fraction of sp³-hybridized carbons (Fsp3) is 0.261. The number of hydrogen-bond acceptors (Lipinski definition) is 8. The van der Waals surface area contributed by atoms with Gasteiger partial charge in [-0.25, -0.2) is 9.78 Å². The van der Waals surface area contributed by atoms with E-state index in [1.54, 1.807) is 38.6 Å². The normalized spacial score (nSPS) is 10.9. The van der Waals surface area contributed by atoms with Crippen molar-refractivity contribution >= 4 is 39.2 Å². The van der Waals surface area contributed by atoms with E-state index in [9.17, 15) is 14.4 Å². The SMILES string of the molecule is CCOC(=O)c1c(-c2ccc(OC)cc2)csc1NC(=O)CCn1cnc2c(cnn2C)c1=O. The van der Waals surface area contributed by atoms with Gasteiger partial charge in [0.2, 0.25) is 5.91 Å². The molecule has 34 heavy (non-hydrogen) atoms. The van der Waals surface area contributed by atoms with Crippen LogP contribution in [0.4, 0.5) is 5.00 Å². The standard InChI is InChI=1S/C23H23N5O5S/c1-4-33-23(31)19-17(14-5-7-15(32-3)8-6-14)12-34-21(19)26-18(29)9-10-28-13-24-20-16(22(28)30)11-25-27(20)2/h5-8,11-13H,4,9-10H2,1-3H3,(H,26,29). The molecular formula is C23H23N5O5S. The topological polar surface area (TPSA) is 117 Å². The van der Waals surface area contributed by atoms with Crippen LogP contribution in [0, 0.1) is 0 Å². The van der Waals surface area contributed by atoms with E-state index in [0.29, 0.717) is 32.9 Å². The lowest BCUT2D eigenvalue weighted by Crippen LogP contribution is -2.23. The van der Waals surface area contributed by atoms with Gasteiger partial charge >= 0.3 is 5.97 Å². The van der Waals surface area contributed by atoms with E-state index >= 15 is 0 Å². The zero-order valence-electron chi connectivity index (χ0n) is 18.9. The van der Waals surface area contributed by atoms with E-state index in [1.165, 1.54) is 33.1 Å². The highest BCUT2D eigenvalue weighted by Crippen LogP contribution is 2.37. The van der Waals surface area contributed by atoms with E-state index in [1.807, 2.05) is 12.1 Å². The minimum absolute atomic E-state index is 0.0192. The molecule has 0 bridgehead atoms. The molecule has 176 valence electrons. The van der Waals surface area contributed by atoms with Crippen molar-refractivity contribution < 1.29 is 19.1 Å². The number of methoxy groups -OCH3 is 1. The first-order chi connectivity index (χ1) is 16.4. The maximum absolute atomic E-state index is 12.7. The van der Waals surface area contributed by atoms with Crippen LogP contribution in [0.3, 0.4) is 0 Å². The lowest BCUT2D eigenvalue weighted by atomic mass is 10.0. The monoisotopic (exact) mass is 481 g/mol. The number of anilines is 1. The van der Waals surface area contributed by atoms with E-state index < -0.39 is 5.97 Å². The molecule has 4 rings (SSSR count).